The summed E-state index contributed by atoms with van der Waals surface area (Å²) in [6, 6.07) is 7.49. The van der Waals surface area contributed by atoms with E-state index in [1.54, 1.807) is 0 Å². The second kappa shape index (κ2) is 3.71. The number of hydrogen-bond donors (Lipinski definition) is 0. The molecule has 1 nitrogen and oxygen atoms in total. The summed E-state index contributed by atoms with van der Waals surface area (Å²) in [5.41, 5.74) is 1.91. The van der Waals surface area contributed by atoms with Crippen LogP contribution >= 0.6 is 0 Å². The lowest BCUT2D eigenvalue weighted by atomic mass is 10.1. The third-order valence-electron chi connectivity index (χ3n) is 1.50. The van der Waals surface area contributed by atoms with Crippen LogP contribution in [0.2, 0.25) is 0 Å². The van der Waals surface area contributed by atoms with Gasteiger partial charge in [-0.05, 0) is 12.0 Å². The van der Waals surface area contributed by atoms with Crippen molar-refractivity contribution in [3.8, 4) is 0 Å². The zero-order valence-electron chi connectivity index (χ0n) is 6.29. The first-order valence-electron chi connectivity index (χ1n) is 3.52. The largest absolute Gasteiger partial charge is 0.298 e. The molecule has 0 aliphatic heterocycles. The number of aldehydes is 1. The number of carbonyl (C=O) groups excluding carboxylic acids is 1. The number of carbonyl (C=O) groups is 1. The van der Waals surface area contributed by atoms with Gasteiger partial charge in [0.15, 0.2) is 0 Å². The maximum absolute atomic E-state index is 10.3. The SMILES string of the molecule is C=CCc1ccc(C=O)cc1. The fraction of sp³-hybridized carbons (Fsp3) is 0.100. The van der Waals surface area contributed by atoms with E-state index in [1.165, 1.54) is 5.56 Å². The fourth-order valence-corrected chi connectivity index (χ4v) is 0.899. The van der Waals surface area contributed by atoms with E-state index in [0.717, 1.165) is 18.3 Å². The van der Waals surface area contributed by atoms with Crippen LogP contribution in [0.3, 0.4) is 0 Å². The van der Waals surface area contributed by atoms with Crippen LogP contribution in [0.15, 0.2) is 36.9 Å². The third-order valence-corrected chi connectivity index (χ3v) is 1.50. The van der Waals surface area contributed by atoms with Crippen LogP contribution in [0.1, 0.15) is 15.9 Å². The molecule has 1 aromatic carbocycles. The van der Waals surface area contributed by atoms with Crippen LogP contribution in [0.4, 0.5) is 0 Å². The average Bonchev–Trinajstić information content (AvgIpc) is 2.07. The number of benzene rings is 1. The van der Waals surface area contributed by atoms with Crippen molar-refractivity contribution in [1.29, 1.82) is 0 Å². The van der Waals surface area contributed by atoms with Crippen molar-refractivity contribution in [2.45, 2.75) is 6.42 Å². The molecular weight excluding hydrogens is 136 g/mol. The molecule has 0 N–H and O–H groups in total. The van der Waals surface area contributed by atoms with Crippen molar-refractivity contribution >= 4 is 6.29 Å². The molecule has 0 unspecified atom stereocenters. The van der Waals surface area contributed by atoms with E-state index < -0.39 is 0 Å². The van der Waals surface area contributed by atoms with E-state index >= 15 is 0 Å². The molecule has 0 radical (unpaired) electrons. The Kier molecular flexibility index (Phi) is 2.61. The van der Waals surface area contributed by atoms with Crippen LogP contribution in [0.25, 0.3) is 0 Å². The first-order chi connectivity index (χ1) is 5.36. The maximum Gasteiger partial charge on any atom is 0.150 e. The number of rotatable bonds is 3. The van der Waals surface area contributed by atoms with Gasteiger partial charge in [0, 0.05) is 5.56 Å². The van der Waals surface area contributed by atoms with Crippen LogP contribution in [-0.2, 0) is 6.42 Å². The molecular formula is C10H10O. The van der Waals surface area contributed by atoms with Gasteiger partial charge in [0.05, 0.1) is 0 Å². The Morgan fingerprint density at radius 2 is 1.91 bits per heavy atom. The Bertz CT molecular complexity index is 246. The van der Waals surface area contributed by atoms with Gasteiger partial charge in [-0.3, -0.25) is 4.79 Å². The Labute approximate surface area is 66.4 Å². The van der Waals surface area contributed by atoms with Crippen molar-refractivity contribution in [1.82, 2.24) is 0 Å². The van der Waals surface area contributed by atoms with Gasteiger partial charge in [-0.1, -0.05) is 30.3 Å². The molecule has 0 saturated heterocycles. The second-order valence-corrected chi connectivity index (χ2v) is 2.35. The van der Waals surface area contributed by atoms with Gasteiger partial charge in [-0.15, -0.1) is 6.58 Å². The third kappa shape index (κ3) is 2.04. The van der Waals surface area contributed by atoms with Crippen LogP contribution in [0, 0.1) is 0 Å². The predicted molar refractivity (Wildman–Crippen MR) is 45.7 cm³/mol. The molecule has 0 saturated carbocycles. The molecule has 0 aliphatic carbocycles. The lowest BCUT2D eigenvalue weighted by Crippen LogP contribution is -1.82. The smallest absolute Gasteiger partial charge is 0.150 e. The monoisotopic (exact) mass is 146 g/mol. The Morgan fingerprint density at radius 3 is 2.36 bits per heavy atom. The first-order valence-corrected chi connectivity index (χ1v) is 3.52. The van der Waals surface area contributed by atoms with Gasteiger partial charge in [0.1, 0.15) is 6.29 Å². The van der Waals surface area contributed by atoms with Crippen molar-refractivity contribution in [2.24, 2.45) is 0 Å². The maximum atomic E-state index is 10.3. The van der Waals surface area contributed by atoms with E-state index in [-0.39, 0.29) is 0 Å². The van der Waals surface area contributed by atoms with Crippen LogP contribution in [-0.4, -0.2) is 6.29 Å². The summed E-state index contributed by atoms with van der Waals surface area (Å²) in [4.78, 5) is 10.3. The van der Waals surface area contributed by atoms with Crippen molar-refractivity contribution in [3.05, 3.63) is 48.0 Å². The minimum atomic E-state index is 0.720. The fourth-order valence-electron chi connectivity index (χ4n) is 0.899. The Morgan fingerprint density at radius 1 is 1.27 bits per heavy atom. The summed E-state index contributed by atoms with van der Waals surface area (Å²) in [6.07, 6.45) is 3.55. The normalized spacial score (nSPS) is 9.09. The Hall–Kier alpha value is -1.37. The first kappa shape index (κ1) is 7.73. The van der Waals surface area contributed by atoms with Gasteiger partial charge in [0.25, 0.3) is 0 Å². The molecule has 0 fully saturated rings. The molecule has 0 aliphatic rings. The molecule has 1 aromatic rings. The van der Waals surface area contributed by atoms with Gasteiger partial charge in [-0.25, -0.2) is 0 Å². The molecule has 0 aromatic heterocycles. The number of hydrogen-bond acceptors (Lipinski definition) is 1. The lowest BCUT2D eigenvalue weighted by molar-refractivity contribution is 0.112. The zero-order chi connectivity index (χ0) is 8.10. The van der Waals surface area contributed by atoms with Crippen molar-refractivity contribution in [2.75, 3.05) is 0 Å². The van der Waals surface area contributed by atoms with Crippen LogP contribution < -0.4 is 0 Å². The molecule has 0 atom stereocenters. The molecule has 0 heterocycles. The summed E-state index contributed by atoms with van der Waals surface area (Å²) < 4.78 is 0. The van der Waals surface area contributed by atoms with E-state index in [1.807, 2.05) is 30.3 Å². The van der Waals surface area contributed by atoms with Crippen molar-refractivity contribution in [3.63, 3.8) is 0 Å². The van der Waals surface area contributed by atoms with Crippen LogP contribution in [0.5, 0.6) is 0 Å². The van der Waals surface area contributed by atoms with Gasteiger partial charge in [0.2, 0.25) is 0 Å². The van der Waals surface area contributed by atoms with E-state index in [0.29, 0.717) is 0 Å². The highest BCUT2D eigenvalue weighted by Gasteiger charge is 1.89. The summed E-state index contributed by atoms with van der Waals surface area (Å²) in [5, 5.41) is 0. The van der Waals surface area contributed by atoms with E-state index in [4.69, 9.17) is 0 Å². The molecule has 0 amide bonds. The zero-order valence-corrected chi connectivity index (χ0v) is 6.29. The van der Waals surface area contributed by atoms with Gasteiger partial charge in [-0.2, -0.15) is 0 Å². The summed E-state index contributed by atoms with van der Waals surface area (Å²) >= 11 is 0. The highest BCUT2D eigenvalue weighted by molar-refractivity contribution is 5.74. The highest BCUT2D eigenvalue weighted by Crippen LogP contribution is 2.02. The molecule has 1 heteroatoms. The quantitative estimate of drug-likeness (QED) is 0.472. The van der Waals surface area contributed by atoms with E-state index in [9.17, 15) is 4.79 Å². The minimum Gasteiger partial charge on any atom is -0.298 e. The Balaban J connectivity index is 2.81. The minimum absolute atomic E-state index is 0.720. The molecule has 0 bridgehead atoms. The summed E-state index contributed by atoms with van der Waals surface area (Å²) in [5.74, 6) is 0. The summed E-state index contributed by atoms with van der Waals surface area (Å²) in [7, 11) is 0. The standard InChI is InChI=1S/C10H10O/c1-2-3-9-4-6-10(8-11)7-5-9/h2,4-8H,1,3H2. The van der Waals surface area contributed by atoms with Gasteiger partial charge < -0.3 is 0 Å². The van der Waals surface area contributed by atoms with Gasteiger partial charge >= 0.3 is 0 Å². The molecule has 56 valence electrons. The predicted octanol–water partition coefficient (Wildman–Crippen LogP) is 2.23. The molecule has 0 spiro atoms. The topological polar surface area (TPSA) is 17.1 Å². The average molecular weight is 146 g/mol. The summed E-state index contributed by atoms with van der Waals surface area (Å²) in [6.45, 7) is 3.63. The van der Waals surface area contributed by atoms with Crippen molar-refractivity contribution < 1.29 is 4.79 Å². The van der Waals surface area contributed by atoms with E-state index in [2.05, 4.69) is 6.58 Å². The lowest BCUT2D eigenvalue weighted by Gasteiger charge is -1.94. The molecule has 1 rings (SSSR count). The highest BCUT2D eigenvalue weighted by atomic mass is 16.1. The molecule has 11 heavy (non-hydrogen) atoms. The second-order valence-electron chi connectivity index (χ2n) is 2.35. The number of allylic oxidation sites excluding steroid dienone is 1.